The fraction of sp³-hybridized carbons (Fsp3) is 0.238. The third kappa shape index (κ3) is 5.61. The Kier molecular flexibility index (Phi) is 7.11. The molecule has 5 nitrogen and oxygen atoms in total. The number of pyridine rings is 1. The fourth-order valence-electron chi connectivity index (χ4n) is 2.67. The summed E-state index contributed by atoms with van der Waals surface area (Å²) in [5, 5.41) is 9.26. The van der Waals surface area contributed by atoms with Crippen molar-refractivity contribution in [3.8, 4) is 10.4 Å². The Morgan fingerprint density at radius 2 is 1.89 bits per heavy atom. The van der Waals surface area contributed by atoms with Crippen molar-refractivity contribution in [1.82, 2.24) is 15.6 Å². The molecule has 0 spiro atoms. The highest BCUT2D eigenvalue weighted by molar-refractivity contribution is 7.17. The predicted octanol–water partition coefficient (Wildman–Crippen LogP) is 3.55. The molecule has 3 aromatic rings. The first-order valence-corrected chi connectivity index (χ1v) is 9.95. The summed E-state index contributed by atoms with van der Waals surface area (Å²) in [5.74, 6) is 0.460. The molecule has 7 heteroatoms. The molecule has 0 saturated carbocycles. The van der Waals surface area contributed by atoms with Crippen LogP contribution in [0.5, 0.6) is 0 Å². The van der Waals surface area contributed by atoms with Crippen molar-refractivity contribution in [1.29, 1.82) is 0 Å². The van der Waals surface area contributed by atoms with Crippen molar-refractivity contribution in [2.24, 2.45) is 0 Å². The van der Waals surface area contributed by atoms with Gasteiger partial charge in [-0.1, -0.05) is 12.1 Å². The minimum atomic E-state index is -0.254. The Hall–Kier alpha value is -2.77. The Morgan fingerprint density at radius 3 is 2.68 bits per heavy atom. The second-order valence-corrected chi connectivity index (χ2v) is 7.34. The Morgan fingerprint density at radius 1 is 1.07 bits per heavy atom. The zero-order valence-electron chi connectivity index (χ0n) is 15.7. The van der Waals surface area contributed by atoms with E-state index in [2.05, 4.69) is 20.9 Å². The van der Waals surface area contributed by atoms with E-state index in [1.165, 1.54) is 23.5 Å². The molecule has 0 fully saturated rings. The number of nitrogens with one attached hydrogen (secondary N) is 3. The molecule has 0 radical (unpaired) electrons. The highest BCUT2D eigenvalue weighted by Gasteiger charge is 2.10. The van der Waals surface area contributed by atoms with E-state index in [4.69, 9.17) is 0 Å². The van der Waals surface area contributed by atoms with Crippen LogP contribution in [0.3, 0.4) is 0 Å². The van der Waals surface area contributed by atoms with Gasteiger partial charge in [-0.3, -0.25) is 4.79 Å². The largest absolute Gasteiger partial charge is 0.369 e. The molecular weight excluding hydrogens is 375 g/mol. The number of hydrogen-bond acceptors (Lipinski definition) is 5. The zero-order valence-corrected chi connectivity index (χ0v) is 16.5. The van der Waals surface area contributed by atoms with Crippen molar-refractivity contribution in [3.05, 3.63) is 71.0 Å². The van der Waals surface area contributed by atoms with E-state index in [0.717, 1.165) is 34.9 Å². The predicted molar refractivity (Wildman–Crippen MR) is 112 cm³/mol. The first-order chi connectivity index (χ1) is 13.7. The summed E-state index contributed by atoms with van der Waals surface area (Å²) in [5.41, 5.74) is 2.01. The third-order valence-electron chi connectivity index (χ3n) is 4.17. The van der Waals surface area contributed by atoms with Gasteiger partial charge < -0.3 is 16.0 Å². The molecule has 0 bridgehead atoms. The molecule has 0 unspecified atom stereocenters. The molecule has 2 aromatic heterocycles. The van der Waals surface area contributed by atoms with Gasteiger partial charge in [0.15, 0.2) is 0 Å². The topological polar surface area (TPSA) is 66.0 Å². The number of benzene rings is 1. The number of carbonyl (C=O) groups is 1. The SMILES string of the molecule is CNCCNc1cc(-c2ccc(C(=O)NCCc3ccc(F)cc3)s2)ccn1. The van der Waals surface area contributed by atoms with Crippen molar-refractivity contribution in [3.63, 3.8) is 0 Å². The van der Waals surface area contributed by atoms with E-state index in [9.17, 15) is 9.18 Å². The number of aromatic nitrogens is 1. The smallest absolute Gasteiger partial charge is 0.261 e. The molecule has 1 aromatic carbocycles. The second-order valence-electron chi connectivity index (χ2n) is 6.26. The van der Waals surface area contributed by atoms with E-state index >= 15 is 0 Å². The summed E-state index contributed by atoms with van der Waals surface area (Å²) in [6.07, 6.45) is 2.43. The lowest BCUT2D eigenvalue weighted by atomic mass is 10.1. The molecule has 0 aliphatic heterocycles. The second kappa shape index (κ2) is 9.96. The van der Waals surface area contributed by atoms with Crippen LogP contribution >= 0.6 is 11.3 Å². The monoisotopic (exact) mass is 398 g/mol. The maximum atomic E-state index is 12.9. The van der Waals surface area contributed by atoms with Gasteiger partial charge in [0, 0.05) is 30.7 Å². The molecule has 0 aliphatic rings. The molecule has 3 rings (SSSR count). The maximum Gasteiger partial charge on any atom is 0.261 e. The molecule has 28 heavy (non-hydrogen) atoms. The normalized spacial score (nSPS) is 10.6. The average molecular weight is 399 g/mol. The van der Waals surface area contributed by atoms with E-state index in [1.54, 1.807) is 18.3 Å². The van der Waals surface area contributed by atoms with Crippen LogP contribution in [0.1, 0.15) is 15.2 Å². The maximum absolute atomic E-state index is 12.9. The minimum absolute atomic E-state index is 0.0974. The van der Waals surface area contributed by atoms with Crippen molar-refractivity contribution in [2.75, 3.05) is 32.0 Å². The van der Waals surface area contributed by atoms with E-state index in [-0.39, 0.29) is 11.7 Å². The number of thiophene rings is 1. The summed E-state index contributed by atoms with van der Waals surface area (Å²) in [6.45, 7) is 2.15. The summed E-state index contributed by atoms with van der Waals surface area (Å²) < 4.78 is 12.9. The van der Waals surface area contributed by atoms with Crippen LogP contribution in [-0.2, 0) is 6.42 Å². The first-order valence-electron chi connectivity index (χ1n) is 9.13. The molecule has 146 valence electrons. The number of anilines is 1. The first kappa shape index (κ1) is 20.0. The highest BCUT2D eigenvalue weighted by atomic mass is 32.1. The summed E-state index contributed by atoms with van der Waals surface area (Å²) in [6, 6.07) is 14.0. The van der Waals surface area contributed by atoms with Gasteiger partial charge >= 0.3 is 0 Å². The van der Waals surface area contributed by atoms with Gasteiger partial charge in [-0.15, -0.1) is 11.3 Å². The lowest BCUT2D eigenvalue weighted by Gasteiger charge is -2.06. The number of halogens is 1. The van der Waals surface area contributed by atoms with E-state index in [1.807, 2.05) is 31.3 Å². The van der Waals surface area contributed by atoms with Gasteiger partial charge in [0.25, 0.3) is 5.91 Å². The summed E-state index contributed by atoms with van der Waals surface area (Å²) in [4.78, 5) is 18.4. The van der Waals surface area contributed by atoms with Crippen molar-refractivity contribution >= 4 is 23.1 Å². The highest BCUT2D eigenvalue weighted by Crippen LogP contribution is 2.29. The van der Waals surface area contributed by atoms with E-state index < -0.39 is 0 Å². The number of likely N-dealkylation sites (N-methyl/N-ethyl adjacent to an activating group) is 1. The molecule has 1 amide bonds. The Bertz CT molecular complexity index is 911. The molecular formula is C21H23FN4OS. The fourth-order valence-corrected chi connectivity index (χ4v) is 3.59. The molecule has 3 N–H and O–H groups in total. The molecule has 0 saturated heterocycles. The van der Waals surface area contributed by atoms with Crippen molar-refractivity contribution < 1.29 is 9.18 Å². The molecule has 2 heterocycles. The Labute approximate surface area is 168 Å². The van der Waals surface area contributed by atoms with Crippen LogP contribution in [-0.4, -0.2) is 37.6 Å². The van der Waals surface area contributed by atoms with Crippen molar-refractivity contribution in [2.45, 2.75) is 6.42 Å². The number of hydrogen-bond donors (Lipinski definition) is 3. The quantitative estimate of drug-likeness (QED) is 0.482. The number of carbonyl (C=O) groups excluding carboxylic acids is 1. The van der Waals surface area contributed by atoms with Gasteiger partial charge in [-0.25, -0.2) is 9.37 Å². The average Bonchev–Trinajstić information content (AvgIpc) is 3.20. The number of amides is 1. The molecule has 0 atom stereocenters. The van der Waals surface area contributed by atoms with Gasteiger partial charge in [0.1, 0.15) is 11.6 Å². The van der Waals surface area contributed by atoms with E-state index in [0.29, 0.717) is 17.8 Å². The van der Waals surface area contributed by atoms with Crippen LogP contribution < -0.4 is 16.0 Å². The number of rotatable bonds is 9. The zero-order chi connectivity index (χ0) is 19.8. The third-order valence-corrected chi connectivity index (χ3v) is 5.30. The van der Waals surface area contributed by atoms with Crippen LogP contribution in [0.4, 0.5) is 10.2 Å². The summed E-state index contributed by atoms with van der Waals surface area (Å²) in [7, 11) is 1.91. The Balaban J connectivity index is 1.56. The van der Waals surface area contributed by atoms with Gasteiger partial charge in [0.2, 0.25) is 0 Å². The lowest BCUT2D eigenvalue weighted by Crippen LogP contribution is -2.24. The van der Waals surface area contributed by atoms with Crippen LogP contribution in [0.2, 0.25) is 0 Å². The standard InChI is InChI=1S/C21H23FN4OS/c1-23-12-13-25-20-14-16(9-11-24-20)18-6-7-19(28-18)21(27)26-10-8-15-2-4-17(22)5-3-15/h2-7,9,11,14,23H,8,10,12-13H2,1H3,(H,24,25)(H,26,27). The minimum Gasteiger partial charge on any atom is -0.369 e. The van der Waals surface area contributed by atoms with Crippen LogP contribution in [0, 0.1) is 5.82 Å². The number of nitrogens with zero attached hydrogens (tertiary/aromatic N) is 1. The lowest BCUT2D eigenvalue weighted by molar-refractivity contribution is 0.0958. The van der Waals surface area contributed by atoms with Gasteiger partial charge in [-0.05, 0) is 61.0 Å². The van der Waals surface area contributed by atoms with Gasteiger partial charge in [-0.2, -0.15) is 0 Å². The summed E-state index contributed by atoms with van der Waals surface area (Å²) >= 11 is 1.45. The van der Waals surface area contributed by atoms with Crippen LogP contribution in [0.25, 0.3) is 10.4 Å². The van der Waals surface area contributed by atoms with Gasteiger partial charge in [0.05, 0.1) is 4.88 Å². The van der Waals surface area contributed by atoms with Crippen LogP contribution in [0.15, 0.2) is 54.7 Å². The molecule has 0 aliphatic carbocycles.